The highest BCUT2D eigenvalue weighted by atomic mass is 19.4. The average Bonchev–Trinajstić information content (AvgIpc) is 2.19. The molecule has 5 nitrogen and oxygen atoms in total. The summed E-state index contributed by atoms with van der Waals surface area (Å²) in [4.78, 5) is 3.39. The molecule has 0 unspecified atom stereocenters. The lowest BCUT2D eigenvalue weighted by atomic mass is 10.2. The minimum absolute atomic E-state index is 0.198. The van der Waals surface area contributed by atoms with Crippen LogP contribution in [0.5, 0.6) is 11.5 Å². The van der Waals surface area contributed by atoms with Gasteiger partial charge < -0.3 is 15.2 Å². The Morgan fingerprint density at radius 1 is 1.44 bits per heavy atom. The first kappa shape index (κ1) is 11.9. The highest BCUT2D eigenvalue weighted by Gasteiger charge is 2.34. The fourth-order valence-electron chi connectivity index (χ4n) is 0.987. The van der Waals surface area contributed by atoms with Crippen molar-refractivity contribution in [2.75, 3.05) is 12.8 Å². The SMILES string of the molecule is COc1c(C#N)cnc(N)c1OC(F)(F)F. The van der Waals surface area contributed by atoms with E-state index in [2.05, 4.69) is 14.5 Å². The lowest BCUT2D eigenvalue weighted by molar-refractivity contribution is -0.274. The Kier molecular flexibility index (Phi) is 3.08. The summed E-state index contributed by atoms with van der Waals surface area (Å²) in [5.41, 5.74) is 5.00. The van der Waals surface area contributed by atoms with E-state index in [0.29, 0.717) is 0 Å². The minimum Gasteiger partial charge on any atom is -0.491 e. The maximum absolute atomic E-state index is 12.0. The maximum atomic E-state index is 12.0. The molecule has 2 N–H and O–H groups in total. The molecule has 0 amide bonds. The van der Waals surface area contributed by atoms with Crippen LogP contribution in [-0.2, 0) is 0 Å². The molecule has 0 radical (unpaired) electrons. The highest BCUT2D eigenvalue weighted by Crippen LogP contribution is 2.38. The molecular weight excluding hydrogens is 227 g/mol. The number of rotatable bonds is 2. The number of methoxy groups -OCH3 is 1. The monoisotopic (exact) mass is 233 g/mol. The van der Waals surface area contributed by atoms with Gasteiger partial charge in [-0.25, -0.2) is 4.98 Å². The molecule has 16 heavy (non-hydrogen) atoms. The van der Waals surface area contributed by atoms with Gasteiger partial charge in [-0.2, -0.15) is 5.26 Å². The van der Waals surface area contributed by atoms with E-state index in [-0.39, 0.29) is 5.56 Å². The number of hydrogen-bond acceptors (Lipinski definition) is 5. The summed E-state index contributed by atoms with van der Waals surface area (Å²) >= 11 is 0. The van der Waals surface area contributed by atoms with Gasteiger partial charge in [-0.15, -0.1) is 13.2 Å². The van der Waals surface area contributed by atoms with E-state index < -0.39 is 23.7 Å². The molecular formula is C8H6F3N3O2. The molecule has 0 aliphatic heterocycles. The van der Waals surface area contributed by atoms with Crippen LogP contribution in [0.2, 0.25) is 0 Å². The molecule has 0 saturated heterocycles. The summed E-state index contributed by atoms with van der Waals surface area (Å²) in [6.45, 7) is 0. The second kappa shape index (κ2) is 4.14. The van der Waals surface area contributed by atoms with Crippen LogP contribution in [-0.4, -0.2) is 18.5 Å². The zero-order valence-corrected chi connectivity index (χ0v) is 8.00. The van der Waals surface area contributed by atoms with Crippen LogP contribution < -0.4 is 15.2 Å². The van der Waals surface area contributed by atoms with Crippen LogP contribution in [0.1, 0.15) is 5.56 Å². The molecule has 0 aliphatic carbocycles. The van der Waals surface area contributed by atoms with Gasteiger partial charge in [-0.1, -0.05) is 0 Å². The number of pyridine rings is 1. The zero-order chi connectivity index (χ0) is 12.3. The topological polar surface area (TPSA) is 81.2 Å². The van der Waals surface area contributed by atoms with Crippen molar-refractivity contribution in [3.05, 3.63) is 11.8 Å². The third-order valence-corrected chi connectivity index (χ3v) is 1.56. The Morgan fingerprint density at radius 2 is 2.06 bits per heavy atom. The summed E-state index contributed by atoms with van der Waals surface area (Å²) in [5.74, 6) is -1.71. The normalized spacial score (nSPS) is 10.7. The van der Waals surface area contributed by atoms with Gasteiger partial charge in [0.15, 0.2) is 11.6 Å². The summed E-state index contributed by atoms with van der Waals surface area (Å²) in [7, 11) is 1.10. The van der Waals surface area contributed by atoms with E-state index >= 15 is 0 Å². The van der Waals surface area contributed by atoms with E-state index in [1.165, 1.54) is 0 Å². The zero-order valence-electron chi connectivity index (χ0n) is 8.00. The van der Waals surface area contributed by atoms with Crippen molar-refractivity contribution < 1.29 is 22.6 Å². The quantitative estimate of drug-likeness (QED) is 0.835. The second-order valence-corrected chi connectivity index (χ2v) is 2.58. The molecule has 86 valence electrons. The van der Waals surface area contributed by atoms with Crippen molar-refractivity contribution in [1.29, 1.82) is 5.26 Å². The molecule has 0 aliphatic rings. The standard InChI is InChI=1S/C8H6F3N3O2/c1-15-5-4(2-12)3-14-7(13)6(5)16-8(9,10)11/h3H,1H3,(H2,13,14). The van der Waals surface area contributed by atoms with Crippen LogP contribution in [0, 0.1) is 11.3 Å². The number of nitriles is 1. The number of nitrogens with two attached hydrogens (primary N) is 1. The molecule has 0 saturated carbocycles. The summed E-state index contributed by atoms with van der Waals surface area (Å²) in [5, 5.41) is 8.62. The number of halogens is 3. The van der Waals surface area contributed by atoms with Gasteiger partial charge >= 0.3 is 6.36 Å². The van der Waals surface area contributed by atoms with Gasteiger partial charge in [0.1, 0.15) is 11.6 Å². The first-order valence-electron chi connectivity index (χ1n) is 3.87. The Balaban J connectivity index is 3.30. The summed E-state index contributed by atoms with van der Waals surface area (Å²) in [6.07, 6.45) is -3.94. The fraction of sp³-hybridized carbons (Fsp3) is 0.250. The number of anilines is 1. The maximum Gasteiger partial charge on any atom is 0.573 e. The lowest BCUT2D eigenvalue weighted by Crippen LogP contribution is -2.19. The van der Waals surface area contributed by atoms with Gasteiger partial charge in [0.25, 0.3) is 0 Å². The predicted molar refractivity (Wildman–Crippen MR) is 46.6 cm³/mol. The Bertz CT molecular complexity index is 439. The molecule has 1 aromatic rings. The Morgan fingerprint density at radius 3 is 2.50 bits per heavy atom. The highest BCUT2D eigenvalue weighted by molar-refractivity contribution is 5.61. The van der Waals surface area contributed by atoms with E-state index in [9.17, 15) is 13.2 Å². The van der Waals surface area contributed by atoms with E-state index in [1.807, 2.05) is 0 Å². The fourth-order valence-corrected chi connectivity index (χ4v) is 0.987. The smallest absolute Gasteiger partial charge is 0.491 e. The minimum atomic E-state index is -4.93. The predicted octanol–water partition coefficient (Wildman–Crippen LogP) is 1.44. The molecule has 1 rings (SSSR count). The van der Waals surface area contributed by atoms with E-state index in [4.69, 9.17) is 11.0 Å². The molecule has 0 atom stereocenters. The summed E-state index contributed by atoms with van der Waals surface area (Å²) in [6, 6.07) is 1.61. The van der Waals surface area contributed by atoms with Crippen molar-refractivity contribution in [2.24, 2.45) is 0 Å². The number of nitrogens with zero attached hydrogens (tertiary/aromatic N) is 2. The van der Waals surface area contributed by atoms with Crippen molar-refractivity contribution in [1.82, 2.24) is 4.98 Å². The van der Waals surface area contributed by atoms with E-state index in [1.54, 1.807) is 6.07 Å². The van der Waals surface area contributed by atoms with Gasteiger partial charge in [-0.05, 0) is 0 Å². The summed E-state index contributed by atoms with van der Waals surface area (Å²) < 4.78 is 44.3. The van der Waals surface area contributed by atoms with Crippen molar-refractivity contribution in [3.8, 4) is 17.6 Å². The van der Waals surface area contributed by atoms with Crippen LogP contribution in [0.4, 0.5) is 19.0 Å². The first-order valence-corrected chi connectivity index (χ1v) is 3.87. The average molecular weight is 233 g/mol. The second-order valence-electron chi connectivity index (χ2n) is 2.58. The number of aromatic nitrogens is 1. The molecule has 0 spiro atoms. The van der Waals surface area contributed by atoms with Gasteiger partial charge in [0.05, 0.1) is 13.3 Å². The number of hydrogen-bond donors (Lipinski definition) is 1. The van der Waals surface area contributed by atoms with Crippen LogP contribution >= 0.6 is 0 Å². The Hall–Kier alpha value is -2.17. The largest absolute Gasteiger partial charge is 0.573 e. The van der Waals surface area contributed by atoms with Crippen molar-refractivity contribution in [2.45, 2.75) is 6.36 Å². The molecule has 1 aromatic heterocycles. The molecule has 1 heterocycles. The lowest BCUT2D eigenvalue weighted by Gasteiger charge is -2.14. The van der Waals surface area contributed by atoms with Crippen LogP contribution in [0.3, 0.4) is 0 Å². The third-order valence-electron chi connectivity index (χ3n) is 1.56. The Labute approximate surface area is 88.2 Å². The number of nitrogen functional groups attached to an aromatic ring is 1. The van der Waals surface area contributed by atoms with Crippen molar-refractivity contribution >= 4 is 5.82 Å². The molecule has 0 aromatic carbocycles. The van der Waals surface area contributed by atoms with Crippen molar-refractivity contribution in [3.63, 3.8) is 0 Å². The van der Waals surface area contributed by atoms with Crippen LogP contribution in [0.15, 0.2) is 6.20 Å². The van der Waals surface area contributed by atoms with Gasteiger partial charge in [-0.3, -0.25) is 0 Å². The van der Waals surface area contributed by atoms with Gasteiger partial charge in [0.2, 0.25) is 5.75 Å². The molecule has 0 fully saturated rings. The third kappa shape index (κ3) is 2.44. The van der Waals surface area contributed by atoms with E-state index in [0.717, 1.165) is 13.3 Å². The molecule has 8 heteroatoms. The van der Waals surface area contributed by atoms with Gasteiger partial charge in [0, 0.05) is 0 Å². The number of ether oxygens (including phenoxy) is 2. The first-order chi connectivity index (χ1) is 7.39. The number of alkyl halides is 3. The van der Waals surface area contributed by atoms with Crippen LogP contribution in [0.25, 0.3) is 0 Å². The molecule has 0 bridgehead atoms.